The third-order valence-electron chi connectivity index (χ3n) is 5.85. The summed E-state index contributed by atoms with van der Waals surface area (Å²) in [5, 5.41) is 0.692. The summed E-state index contributed by atoms with van der Waals surface area (Å²) in [5.74, 6) is 0.880. The van der Waals surface area contributed by atoms with E-state index in [0.717, 1.165) is 62.8 Å². The Morgan fingerprint density at radius 2 is 1.90 bits per heavy atom. The fourth-order valence-corrected chi connectivity index (χ4v) is 4.48. The summed E-state index contributed by atoms with van der Waals surface area (Å²) in [4.78, 5) is 4.54. The number of hydrogen-bond donors (Lipinski definition) is 1. The Kier molecular flexibility index (Phi) is 7.45. The molecule has 164 valence electrons. The van der Waals surface area contributed by atoms with Crippen LogP contribution in [0.2, 0.25) is 5.02 Å². The molecule has 4 rings (SSSR count). The van der Waals surface area contributed by atoms with Gasteiger partial charge in [0.05, 0.1) is 24.7 Å². The van der Waals surface area contributed by atoms with Crippen LogP contribution in [-0.4, -0.2) is 61.3 Å². The molecular weight excluding hydrogens is 430 g/mol. The Hall–Kier alpha value is -2.12. The van der Waals surface area contributed by atoms with E-state index in [9.17, 15) is 0 Å². The lowest BCUT2D eigenvalue weighted by molar-refractivity contribution is 0.0322. The number of rotatable bonds is 7. The summed E-state index contributed by atoms with van der Waals surface area (Å²) < 4.78 is 11.3. The van der Waals surface area contributed by atoms with Crippen molar-refractivity contribution in [3.05, 3.63) is 64.7 Å². The van der Waals surface area contributed by atoms with Crippen molar-refractivity contribution in [2.24, 2.45) is 0 Å². The molecule has 2 aromatic carbocycles. The first-order valence-corrected chi connectivity index (χ1v) is 11.5. The number of nitrogens with two attached hydrogens (primary N) is 1. The van der Waals surface area contributed by atoms with Crippen LogP contribution in [0.5, 0.6) is 5.75 Å². The Morgan fingerprint density at radius 1 is 1.13 bits per heavy atom. The van der Waals surface area contributed by atoms with Gasteiger partial charge in [-0.3, -0.25) is 4.90 Å². The molecule has 1 fully saturated rings. The van der Waals surface area contributed by atoms with Crippen LogP contribution in [0.4, 0.5) is 5.69 Å². The molecule has 0 bridgehead atoms. The molecule has 0 aliphatic carbocycles. The highest BCUT2D eigenvalue weighted by Gasteiger charge is 2.23. The summed E-state index contributed by atoms with van der Waals surface area (Å²) in [6, 6.07) is 14.0. The number of anilines is 1. The van der Waals surface area contributed by atoms with Gasteiger partial charge in [-0.25, -0.2) is 0 Å². The van der Waals surface area contributed by atoms with Crippen LogP contribution in [0.15, 0.2) is 48.5 Å². The van der Waals surface area contributed by atoms with Gasteiger partial charge in [-0.2, -0.15) is 0 Å². The molecule has 2 aromatic rings. The fraction of sp³-hybridized carbons (Fsp3) is 0.375. The first-order chi connectivity index (χ1) is 15.1. The topological polar surface area (TPSA) is 51.0 Å². The molecule has 0 saturated carbocycles. The first-order valence-electron chi connectivity index (χ1n) is 10.6. The molecule has 0 spiro atoms. The second-order valence-electron chi connectivity index (χ2n) is 7.83. The average Bonchev–Trinajstić information content (AvgIpc) is 2.81. The SMILES string of the molecule is Nc1ccc(Cl)cc1C1=CC(c2ccc(OCCN3CCOCC3)cc2)N(C=S)CC1. The van der Waals surface area contributed by atoms with Gasteiger partial charge in [0.2, 0.25) is 0 Å². The minimum absolute atomic E-state index is 0.0574. The number of nitrogen functional groups attached to an aromatic ring is 1. The van der Waals surface area contributed by atoms with Crippen LogP contribution in [0.1, 0.15) is 23.6 Å². The molecule has 0 amide bonds. The molecule has 2 aliphatic rings. The first kappa shape index (κ1) is 22.1. The van der Waals surface area contributed by atoms with E-state index in [1.807, 2.05) is 30.3 Å². The highest BCUT2D eigenvalue weighted by Crippen LogP contribution is 2.36. The number of nitrogens with zero attached hydrogens (tertiary/aromatic N) is 2. The van der Waals surface area contributed by atoms with E-state index in [1.165, 1.54) is 11.1 Å². The minimum Gasteiger partial charge on any atom is -0.492 e. The van der Waals surface area contributed by atoms with Crippen LogP contribution < -0.4 is 10.5 Å². The predicted octanol–water partition coefficient (Wildman–Crippen LogP) is 4.42. The zero-order valence-electron chi connectivity index (χ0n) is 17.5. The van der Waals surface area contributed by atoms with Crippen molar-refractivity contribution >= 4 is 40.6 Å². The van der Waals surface area contributed by atoms with Crippen LogP contribution >= 0.6 is 23.8 Å². The molecule has 5 nitrogen and oxygen atoms in total. The summed E-state index contributed by atoms with van der Waals surface area (Å²) >= 11 is 11.5. The molecule has 1 saturated heterocycles. The third kappa shape index (κ3) is 5.57. The second-order valence-corrected chi connectivity index (χ2v) is 8.48. The van der Waals surface area contributed by atoms with E-state index in [1.54, 1.807) is 5.49 Å². The van der Waals surface area contributed by atoms with Crippen LogP contribution in [0.25, 0.3) is 5.57 Å². The van der Waals surface area contributed by atoms with E-state index in [-0.39, 0.29) is 6.04 Å². The predicted molar refractivity (Wildman–Crippen MR) is 131 cm³/mol. The Labute approximate surface area is 194 Å². The Bertz CT molecular complexity index is 929. The van der Waals surface area contributed by atoms with Gasteiger partial charge in [0.15, 0.2) is 0 Å². The van der Waals surface area contributed by atoms with Gasteiger partial charge in [0, 0.05) is 42.5 Å². The van der Waals surface area contributed by atoms with Crippen molar-refractivity contribution in [2.45, 2.75) is 12.5 Å². The molecule has 7 heteroatoms. The highest BCUT2D eigenvalue weighted by atomic mass is 35.5. The van der Waals surface area contributed by atoms with Crippen molar-refractivity contribution in [2.75, 3.05) is 51.7 Å². The third-order valence-corrected chi connectivity index (χ3v) is 6.36. The fourth-order valence-electron chi connectivity index (χ4n) is 4.07. The van der Waals surface area contributed by atoms with Gasteiger partial charge in [-0.1, -0.05) is 42.0 Å². The largest absolute Gasteiger partial charge is 0.492 e. The molecule has 1 unspecified atom stereocenters. The molecule has 0 radical (unpaired) electrons. The van der Waals surface area contributed by atoms with Crippen molar-refractivity contribution in [3.63, 3.8) is 0 Å². The van der Waals surface area contributed by atoms with E-state index < -0.39 is 0 Å². The second kappa shape index (κ2) is 10.5. The number of ether oxygens (including phenoxy) is 2. The van der Waals surface area contributed by atoms with E-state index in [0.29, 0.717) is 11.6 Å². The molecule has 2 heterocycles. The van der Waals surface area contributed by atoms with Crippen LogP contribution in [-0.2, 0) is 4.74 Å². The Morgan fingerprint density at radius 3 is 2.65 bits per heavy atom. The molecule has 1 atom stereocenters. The maximum atomic E-state index is 6.22. The molecule has 0 aromatic heterocycles. The van der Waals surface area contributed by atoms with E-state index >= 15 is 0 Å². The van der Waals surface area contributed by atoms with Gasteiger partial charge >= 0.3 is 0 Å². The van der Waals surface area contributed by atoms with Gasteiger partial charge in [0.1, 0.15) is 12.4 Å². The van der Waals surface area contributed by atoms with Crippen molar-refractivity contribution in [3.8, 4) is 5.75 Å². The minimum atomic E-state index is 0.0574. The summed E-state index contributed by atoms with van der Waals surface area (Å²) in [7, 11) is 0. The van der Waals surface area contributed by atoms with Crippen LogP contribution in [0, 0.1) is 0 Å². The number of hydrogen-bond acceptors (Lipinski definition) is 5. The number of thiocarbonyl (C=S) groups is 1. The standard InChI is InChI=1S/C24H28ClN3O2S/c25-20-3-6-23(26)22(16-20)19-7-8-28(17-31)24(15-19)18-1-4-21(5-2-18)30-14-11-27-9-12-29-13-10-27/h1-6,15-17,24H,7-14,26H2. The summed E-state index contributed by atoms with van der Waals surface area (Å²) in [5.41, 5.74) is 12.1. The summed E-state index contributed by atoms with van der Waals surface area (Å²) in [6.07, 6.45) is 3.11. The normalized spacial score (nSPS) is 19.7. The van der Waals surface area contributed by atoms with Crippen molar-refractivity contribution in [1.82, 2.24) is 9.80 Å². The number of halogens is 1. The maximum Gasteiger partial charge on any atom is 0.119 e. The van der Waals surface area contributed by atoms with Gasteiger partial charge in [-0.15, -0.1) is 0 Å². The average molecular weight is 458 g/mol. The zero-order chi connectivity index (χ0) is 21.6. The highest BCUT2D eigenvalue weighted by molar-refractivity contribution is 7.78. The molecule has 2 aliphatic heterocycles. The zero-order valence-corrected chi connectivity index (χ0v) is 19.1. The van der Waals surface area contributed by atoms with E-state index in [4.69, 9.17) is 39.0 Å². The number of morpholine rings is 1. The van der Waals surface area contributed by atoms with E-state index in [2.05, 4.69) is 28.0 Å². The van der Waals surface area contributed by atoms with Crippen LogP contribution in [0.3, 0.4) is 0 Å². The van der Waals surface area contributed by atoms with Crippen molar-refractivity contribution in [1.29, 1.82) is 0 Å². The smallest absolute Gasteiger partial charge is 0.119 e. The molecule has 31 heavy (non-hydrogen) atoms. The summed E-state index contributed by atoms with van der Waals surface area (Å²) in [6.45, 7) is 5.99. The van der Waals surface area contributed by atoms with Gasteiger partial charge in [-0.05, 0) is 47.9 Å². The quantitative estimate of drug-likeness (QED) is 0.490. The molecule has 2 N–H and O–H groups in total. The lowest BCUT2D eigenvalue weighted by atomic mass is 9.92. The molecular formula is C24H28ClN3O2S. The van der Waals surface area contributed by atoms with Gasteiger partial charge < -0.3 is 20.1 Å². The Balaban J connectivity index is 1.45. The lowest BCUT2D eigenvalue weighted by Crippen LogP contribution is -2.38. The van der Waals surface area contributed by atoms with Gasteiger partial charge in [0.25, 0.3) is 0 Å². The van der Waals surface area contributed by atoms with Crippen molar-refractivity contribution < 1.29 is 9.47 Å². The maximum absolute atomic E-state index is 6.22. The monoisotopic (exact) mass is 457 g/mol. The lowest BCUT2D eigenvalue weighted by Gasteiger charge is -2.33. The number of benzene rings is 2.